The second kappa shape index (κ2) is 5.66. The van der Waals surface area contributed by atoms with E-state index in [9.17, 15) is 4.79 Å². The van der Waals surface area contributed by atoms with Crippen LogP contribution in [0.5, 0.6) is 11.5 Å². The van der Waals surface area contributed by atoms with Gasteiger partial charge in [0.2, 0.25) is 6.79 Å². The highest BCUT2D eigenvalue weighted by molar-refractivity contribution is 5.95. The molecule has 24 heavy (non-hydrogen) atoms. The van der Waals surface area contributed by atoms with E-state index in [0.717, 1.165) is 11.0 Å². The highest BCUT2D eigenvalue weighted by Crippen LogP contribution is 2.32. The van der Waals surface area contributed by atoms with E-state index in [2.05, 4.69) is 17.4 Å². The van der Waals surface area contributed by atoms with Gasteiger partial charge in [0, 0.05) is 10.9 Å². The summed E-state index contributed by atoms with van der Waals surface area (Å²) in [6, 6.07) is 14.5. The summed E-state index contributed by atoms with van der Waals surface area (Å²) in [4.78, 5) is 12.2. The first kappa shape index (κ1) is 14.2. The molecule has 0 spiro atoms. The van der Waals surface area contributed by atoms with Gasteiger partial charge < -0.3 is 13.9 Å². The van der Waals surface area contributed by atoms with Gasteiger partial charge in [0.05, 0.1) is 5.70 Å². The van der Waals surface area contributed by atoms with Gasteiger partial charge in [0.25, 0.3) is 5.91 Å². The number of furan rings is 1. The summed E-state index contributed by atoms with van der Waals surface area (Å²) in [6.45, 7) is 4.05. The van der Waals surface area contributed by atoms with Crippen LogP contribution in [-0.4, -0.2) is 12.7 Å². The van der Waals surface area contributed by atoms with E-state index >= 15 is 0 Å². The van der Waals surface area contributed by atoms with E-state index in [1.807, 2.05) is 30.3 Å². The van der Waals surface area contributed by atoms with E-state index in [1.54, 1.807) is 18.2 Å². The molecule has 0 fully saturated rings. The van der Waals surface area contributed by atoms with Gasteiger partial charge in [-0.3, -0.25) is 15.6 Å². The van der Waals surface area contributed by atoms with E-state index < -0.39 is 0 Å². The molecule has 1 amide bonds. The molecule has 6 heteroatoms. The van der Waals surface area contributed by atoms with E-state index in [0.29, 0.717) is 28.5 Å². The third kappa shape index (κ3) is 2.54. The van der Waals surface area contributed by atoms with E-state index in [1.165, 1.54) is 0 Å². The van der Waals surface area contributed by atoms with E-state index in [-0.39, 0.29) is 12.7 Å². The number of rotatable bonds is 4. The monoisotopic (exact) mass is 322 g/mol. The number of hydrogen-bond donors (Lipinski definition) is 2. The molecule has 120 valence electrons. The smallest absolute Gasteiger partial charge is 0.269 e. The lowest BCUT2D eigenvalue weighted by atomic mass is 10.2. The van der Waals surface area contributed by atoms with Gasteiger partial charge in [-0.15, -0.1) is 0 Å². The van der Waals surface area contributed by atoms with Gasteiger partial charge in [-0.1, -0.05) is 24.8 Å². The van der Waals surface area contributed by atoms with Gasteiger partial charge >= 0.3 is 0 Å². The predicted octanol–water partition coefficient (Wildman–Crippen LogP) is 3.07. The Labute approximate surface area is 137 Å². The number of para-hydroxylation sites is 1. The fourth-order valence-corrected chi connectivity index (χ4v) is 2.43. The molecular formula is C18H14N2O4. The largest absolute Gasteiger partial charge is 0.454 e. The van der Waals surface area contributed by atoms with Crippen molar-refractivity contribution in [2.45, 2.75) is 0 Å². The highest BCUT2D eigenvalue weighted by atomic mass is 16.7. The van der Waals surface area contributed by atoms with Gasteiger partial charge in [0.15, 0.2) is 17.3 Å². The van der Waals surface area contributed by atoms with Gasteiger partial charge in [-0.2, -0.15) is 0 Å². The van der Waals surface area contributed by atoms with Crippen molar-refractivity contribution < 1.29 is 18.7 Å². The second-order valence-corrected chi connectivity index (χ2v) is 5.27. The van der Waals surface area contributed by atoms with Crippen LogP contribution in [0.4, 0.5) is 0 Å². The Morgan fingerprint density at radius 2 is 1.83 bits per heavy atom. The average molecular weight is 322 g/mol. The number of nitrogens with one attached hydrogen (secondary N) is 2. The van der Waals surface area contributed by atoms with Crippen LogP contribution in [0.15, 0.2) is 59.5 Å². The molecule has 0 saturated heterocycles. The van der Waals surface area contributed by atoms with Gasteiger partial charge in [-0.25, -0.2) is 0 Å². The van der Waals surface area contributed by atoms with Crippen molar-refractivity contribution >= 4 is 22.6 Å². The van der Waals surface area contributed by atoms with E-state index in [4.69, 9.17) is 13.9 Å². The molecular weight excluding hydrogens is 308 g/mol. The first-order valence-electron chi connectivity index (χ1n) is 7.34. The third-order valence-electron chi connectivity index (χ3n) is 3.68. The van der Waals surface area contributed by atoms with Gasteiger partial charge in [-0.05, 0) is 30.3 Å². The molecule has 1 aliphatic heterocycles. The molecule has 0 unspecified atom stereocenters. The molecule has 0 aliphatic carbocycles. The van der Waals surface area contributed by atoms with Crippen LogP contribution in [0.25, 0.3) is 16.7 Å². The first-order valence-corrected chi connectivity index (χ1v) is 7.34. The zero-order chi connectivity index (χ0) is 16.5. The number of carbonyl (C=O) groups excluding carboxylic acids is 1. The van der Waals surface area contributed by atoms with Crippen molar-refractivity contribution in [1.82, 2.24) is 10.9 Å². The number of fused-ring (bicyclic) bond motifs is 2. The maximum atomic E-state index is 12.2. The number of benzene rings is 2. The Bertz CT molecular complexity index is 912. The Hall–Kier alpha value is -3.41. The van der Waals surface area contributed by atoms with Crippen molar-refractivity contribution in [3.8, 4) is 11.5 Å². The summed E-state index contributed by atoms with van der Waals surface area (Å²) in [5.41, 5.74) is 7.02. The molecule has 4 rings (SSSR count). The Morgan fingerprint density at radius 3 is 2.71 bits per heavy atom. The minimum Gasteiger partial charge on any atom is -0.454 e. The fraction of sp³-hybridized carbons (Fsp3) is 0.0556. The molecule has 1 aliphatic rings. The molecule has 0 saturated carbocycles. The highest BCUT2D eigenvalue weighted by Gasteiger charge is 2.16. The van der Waals surface area contributed by atoms with Crippen LogP contribution in [0.1, 0.15) is 16.1 Å². The number of ether oxygens (including phenoxy) is 2. The fourth-order valence-electron chi connectivity index (χ4n) is 2.43. The SMILES string of the molecule is C=C(NNC(=O)c1ccc2c(c1)OCO2)c1cc2ccccc2o1. The first-order chi connectivity index (χ1) is 11.7. The van der Waals surface area contributed by atoms with Crippen molar-refractivity contribution in [2.75, 3.05) is 6.79 Å². The van der Waals surface area contributed by atoms with Crippen LogP contribution >= 0.6 is 0 Å². The maximum absolute atomic E-state index is 12.2. The standard InChI is InChI=1S/C18H14N2O4/c1-11(16-8-12-4-2-3-5-14(12)24-16)19-20-18(21)13-6-7-15-17(9-13)23-10-22-15/h2-9,19H,1,10H2,(H,20,21). The molecule has 0 atom stereocenters. The molecule has 6 nitrogen and oxygen atoms in total. The minimum atomic E-state index is -0.314. The van der Waals surface area contributed by atoms with Gasteiger partial charge in [0.1, 0.15) is 5.58 Å². The molecule has 2 aromatic carbocycles. The Morgan fingerprint density at radius 1 is 1.00 bits per heavy atom. The third-order valence-corrected chi connectivity index (χ3v) is 3.68. The molecule has 3 aromatic rings. The van der Waals surface area contributed by atoms with Crippen LogP contribution in [0.3, 0.4) is 0 Å². The molecule has 0 radical (unpaired) electrons. The van der Waals surface area contributed by atoms with Crippen LogP contribution in [-0.2, 0) is 0 Å². The lowest BCUT2D eigenvalue weighted by Crippen LogP contribution is -2.35. The summed E-state index contributed by atoms with van der Waals surface area (Å²) >= 11 is 0. The number of amides is 1. The summed E-state index contributed by atoms with van der Waals surface area (Å²) in [5, 5.41) is 0.970. The zero-order valence-corrected chi connectivity index (χ0v) is 12.7. The molecule has 1 aromatic heterocycles. The summed E-state index contributed by atoms with van der Waals surface area (Å²) in [6.07, 6.45) is 0. The maximum Gasteiger partial charge on any atom is 0.269 e. The average Bonchev–Trinajstić information content (AvgIpc) is 3.24. The van der Waals surface area contributed by atoms with Crippen molar-refractivity contribution in [1.29, 1.82) is 0 Å². The van der Waals surface area contributed by atoms with Crippen molar-refractivity contribution in [3.05, 3.63) is 66.4 Å². The van der Waals surface area contributed by atoms with Crippen LogP contribution in [0, 0.1) is 0 Å². The summed E-state index contributed by atoms with van der Waals surface area (Å²) < 4.78 is 16.2. The number of carbonyl (C=O) groups is 1. The lowest BCUT2D eigenvalue weighted by molar-refractivity contribution is 0.0942. The van der Waals surface area contributed by atoms with Crippen LogP contribution < -0.4 is 20.3 Å². The summed E-state index contributed by atoms with van der Waals surface area (Å²) in [7, 11) is 0. The molecule has 2 N–H and O–H groups in total. The Kier molecular flexibility index (Phi) is 3.35. The second-order valence-electron chi connectivity index (χ2n) is 5.27. The molecule has 0 bridgehead atoms. The normalized spacial score (nSPS) is 12.2. The zero-order valence-electron chi connectivity index (χ0n) is 12.7. The predicted molar refractivity (Wildman–Crippen MR) is 88.4 cm³/mol. The summed E-state index contributed by atoms with van der Waals surface area (Å²) in [5.74, 6) is 1.43. The quantitative estimate of drug-likeness (QED) is 0.722. The van der Waals surface area contributed by atoms with Crippen molar-refractivity contribution in [2.24, 2.45) is 0 Å². The number of hydrogen-bond acceptors (Lipinski definition) is 5. The van der Waals surface area contributed by atoms with Crippen molar-refractivity contribution in [3.63, 3.8) is 0 Å². The van der Waals surface area contributed by atoms with Crippen LogP contribution in [0.2, 0.25) is 0 Å². The Balaban J connectivity index is 1.44. The minimum absolute atomic E-state index is 0.168. The molecule has 2 heterocycles. The topological polar surface area (TPSA) is 72.7 Å². The number of hydrazine groups is 1. The lowest BCUT2D eigenvalue weighted by Gasteiger charge is -2.09.